The lowest BCUT2D eigenvalue weighted by Crippen LogP contribution is -1.86. The lowest BCUT2D eigenvalue weighted by Gasteiger charge is -2.02. The molecule has 2 heterocycles. The molecule has 0 saturated heterocycles. The highest BCUT2D eigenvalue weighted by molar-refractivity contribution is 6.32. The number of pyridine rings is 1. The average Bonchev–Trinajstić information content (AvgIpc) is 3.10. The lowest BCUT2D eigenvalue weighted by atomic mass is 10.2. The minimum absolute atomic E-state index is 0.547. The molecule has 0 aliphatic rings. The highest BCUT2D eigenvalue weighted by atomic mass is 35.5. The van der Waals surface area contributed by atoms with E-state index in [2.05, 4.69) is 15.0 Å². The van der Waals surface area contributed by atoms with Gasteiger partial charge in [-0.15, -0.1) is 0 Å². The van der Waals surface area contributed by atoms with Gasteiger partial charge >= 0.3 is 0 Å². The SMILES string of the molecule is COc1ccc(C=Nc2ccc3oc(-c4ccncc4)nc3c2)cc1Cl. The fourth-order valence-electron chi connectivity index (χ4n) is 2.53. The van der Waals surface area contributed by atoms with E-state index in [1.807, 2.05) is 42.5 Å². The van der Waals surface area contributed by atoms with E-state index in [1.165, 1.54) is 0 Å². The maximum atomic E-state index is 6.14. The van der Waals surface area contributed by atoms with Crippen LogP contribution in [0, 0.1) is 0 Å². The Kier molecular flexibility index (Phi) is 4.37. The molecule has 4 rings (SSSR count). The Balaban J connectivity index is 1.62. The van der Waals surface area contributed by atoms with Crippen molar-refractivity contribution in [3.8, 4) is 17.2 Å². The van der Waals surface area contributed by atoms with E-state index in [0.29, 0.717) is 22.2 Å². The molecule has 0 aliphatic heterocycles. The molecule has 128 valence electrons. The second-order valence-electron chi connectivity index (χ2n) is 5.56. The molecule has 26 heavy (non-hydrogen) atoms. The number of aliphatic imine (C=N–C) groups is 1. The van der Waals surface area contributed by atoms with Gasteiger partial charge in [0, 0.05) is 24.2 Å². The van der Waals surface area contributed by atoms with E-state index < -0.39 is 0 Å². The van der Waals surface area contributed by atoms with Crippen LogP contribution in [0.5, 0.6) is 5.75 Å². The van der Waals surface area contributed by atoms with Crippen molar-refractivity contribution in [1.29, 1.82) is 0 Å². The summed E-state index contributed by atoms with van der Waals surface area (Å²) in [6, 6.07) is 14.8. The third-order valence-corrected chi connectivity index (χ3v) is 4.13. The number of rotatable bonds is 4. The van der Waals surface area contributed by atoms with E-state index in [9.17, 15) is 0 Å². The van der Waals surface area contributed by atoms with Crippen molar-refractivity contribution in [1.82, 2.24) is 9.97 Å². The highest BCUT2D eigenvalue weighted by Gasteiger charge is 2.08. The van der Waals surface area contributed by atoms with Gasteiger partial charge in [-0.3, -0.25) is 9.98 Å². The molecule has 0 radical (unpaired) electrons. The van der Waals surface area contributed by atoms with Gasteiger partial charge in [0.15, 0.2) is 5.58 Å². The lowest BCUT2D eigenvalue weighted by molar-refractivity contribution is 0.415. The molecule has 0 unspecified atom stereocenters. The second kappa shape index (κ2) is 6.98. The molecule has 0 fully saturated rings. The summed E-state index contributed by atoms with van der Waals surface area (Å²) in [5.74, 6) is 1.20. The Morgan fingerprint density at radius 3 is 2.69 bits per heavy atom. The van der Waals surface area contributed by atoms with Gasteiger partial charge in [0.05, 0.1) is 17.8 Å². The topological polar surface area (TPSA) is 60.5 Å². The molecule has 2 aromatic carbocycles. The van der Waals surface area contributed by atoms with Crippen LogP contribution in [0.1, 0.15) is 5.56 Å². The van der Waals surface area contributed by atoms with E-state index >= 15 is 0 Å². The number of nitrogens with zero attached hydrogens (tertiary/aromatic N) is 3. The van der Waals surface area contributed by atoms with Gasteiger partial charge in [0.25, 0.3) is 0 Å². The summed E-state index contributed by atoms with van der Waals surface area (Å²) in [5, 5.41) is 0.547. The Morgan fingerprint density at radius 1 is 1.08 bits per heavy atom. The largest absolute Gasteiger partial charge is 0.495 e. The number of oxazole rings is 1. The number of ether oxygens (including phenoxy) is 1. The van der Waals surface area contributed by atoms with E-state index in [0.717, 1.165) is 22.3 Å². The fourth-order valence-corrected chi connectivity index (χ4v) is 2.79. The zero-order chi connectivity index (χ0) is 17.9. The number of halogens is 1. The Labute approximate surface area is 155 Å². The van der Waals surface area contributed by atoms with Crippen molar-refractivity contribution in [2.24, 2.45) is 4.99 Å². The van der Waals surface area contributed by atoms with Crippen LogP contribution in [-0.4, -0.2) is 23.3 Å². The molecule has 0 spiro atoms. The van der Waals surface area contributed by atoms with E-state index in [-0.39, 0.29) is 0 Å². The van der Waals surface area contributed by atoms with Crippen molar-refractivity contribution in [3.63, 3.8) is 0 Å². The zero-order valence-corrected chi connectivity index (χ0v) is 14.6. The Hall–Kier alpha value is -3.18. The first-order chi connectivity index (χ1) is 12.7. The van der Waals surface area contributed by atoms with E-state index in [4.69, 9.17) is 20.8 Å². The monoisotopic (exact) mass is 363 g/mol. The van der Waals surface area contributed by atoms with Crippen LogP contribution in [0.2, 0.25) is 5.02 Å². The number of hydrogen-bond acceptors (Lipinski definition) is 5. The quantitative estimate of drug-likeness (QED) is 0.461. The maximum absolute atomic E-state index is 6.14. The standard InChI is InChI=1S/C20H14ClN3O2/c1-25-18-4-2-13(10-16(18)21)12-23-15-3-5-19-17(11-15)24-20(26-19)14-6-8-22-9-7-14/h2-12H,1H3. The van der Waals surface area contributed by atoms with Gasteiger partial charge in [-0.25, -0.2) is 4.98 Å². The fraction of sp³-hybridized carbons (Fsp3) is 0.0500. The van der Waals surface area contributed by atoms with Crippen LogP contribution in [-0.2, 0) is 0 Å². The molecule has 2 aromatic heterocycles. The van der Waals surface area contributed by atoms with E-state index in [1.54, 1.807) is 31.8 Å². The molecule has 0 saturated carbocycles. The number of aromatic nitrogens is 2. The first-order valence-corrected chi connectivity index (χ1v) is 8.29. The summed E-state index contributed by atoms with van der Waals surface area (Å²) in [4.78, 5) is 13.0. The minimum atomic E-state index is 0.547. The van der Waals surface area contributed by atoms with Crippen LogP contribution < -0.4 is 4.74 Å². The van der Waals surface area contributed by atoms with Crippen molar-refractivity contribution in [3.05, 3.63) is 71.5 Å². The molecule has 0 amide bonds. The summed E-state index contributed by atoms with van der Waals surface area (Å²) in [6.45, 7) is 0. The minimum Gasteiger partial charge on any atom is -0.495 e. The molecular formula is C20H14ClN3O2. The van der Waals surface area contributed by atoms with Crippen LogP contribution >= 0.6 is 11.6 Å². The summed E-state index contributed by atoms with van der Waals surface area (Å²) >= 11 is 6.14. The number of hydrogen-bond donors (Lipinski definition) is 0. The van der Waals surface area contributed by atoms with Crippen LogP contribution in [0.3, 0.4) is 0 Å². The summed E-state index contributed by atoms with van der Waals surface area (Å²) in [5.41, 5.74) is 4.00. The summed E-state index contributed by atoms with van der Waals surface area (Å²) < 4.78 is 10.9. The normalized spacial score (nSPS) is 11.3. The van der Waals surface area contributed by atoms with Crippen molar-refractivity contribution in [2.45, 2.75) is 0 Å². The molecule has 0 bridgehead atoms. The van der Waals surface area contributed by atoms with Crippen LogP contribution in [0.25, 0.3) is 22.6 Å². The zero-order valence-electron chi connectivity index (χ0n) is 13.9. The second-order valence-corrected chi connectivity index (χ2v) is 5.97. The van der Waals surface area contributed by atoms with Crippen molar-refractivity contribution in [2.75, 3.05) is 7.11 Å². The van der Waals surface area contributed by atoms with Gasteiger partial charge in [0.2, 0.25) is 5.89 Å². The van der Waals surface area contributed by atoms with Gasteiger partial charge in [-0.2, -0.15) is 0 Å². The molecule has 0 atom stereocenters. The molecule has 0 aliphatic carbocycles. The number of fused-ring (bicyclic) bond motifs is 1. The predicted molar refractivity (Wildman–Crippen MR) is 102 cm³/mol. The number of benzene rings is 2. The number of methoxy groups -OCH3 is 1. The summed E-state index contributed by atoms with van der Waals surface area (Å²) in [7, 11) is 1.59. The molecule has 5 nitrogen and oxygen atoms in total. The Bertz CT molecular complexity index is 1090. The first-order valence-electron chi connectivity index (χ1n) is 7.91. The van der Waals surface area contributed by atoms with Crippen LogP contribution in [0.4, 0.5) is 5.69 Å². The Morgan fingerprint density at radius 2 is 1.92 bits per heavy atom. The van der Waals surface area contributed by atoms with Crippen molar-refractivity contribution >= 4 is 34.6 Å². The molecule has 4 aromatic rings. The van der Waals surface area contributed by atoms with Gasteiger partial charge in [-0.05, 0) is 54.1 Å². The van der Waals surface area contributed by atoms with Crippen LogP contribution in [0.15, 0.2) is 70.3 Å². The maximum Gasteiger partial charge on any atom is 0.227 e. The van der Waals surface area contributed by atoms with Gasteiger partial charge < -0.3 is 9.15 Å². The van der Waals surface area contributed by atoms with Gasteiger partial charge in [-0.1, -0.05) is 11.6 Å². The first kappa shape index (κ1) is 16.3. The highest BCUT2D eigenvalue weighted by Crippen LogP contribution is 2.27. The summed E-state index contributed by atoms with van der Waals surface area (Å²) in [6.07, 6.45) is 5.16. The van der Waals surface area contributed by atoms with Crippen molar-refractivity contribution < 1.29 is 9.15 Å². The predicted octanol–water partition coefficient (Wildman–Crippen LogP) is 5.30. The third-order valence-electron chi connectivity index (χ3n) is 3.84. The molecular weight excluding hydrogens is 350 g/mol. The van der Waals surface area contributed by atoms with Gasteiger partial charge in [0.1, 0.15) is 11.3 Å². The third kappa shape index (κ3) is 3.30. The molecule has 0 N–H and O–H groups in total. The molecule has 6 heteroatoms. The smallest absolute Gasteiger partial charge is 0.227 e. The average molecular weight is 364 g/mol.